The van der Waals surface area contributed by atoms with Crippen LogP contribution in [-0.2, 0) is 16.1 Å². The predicted molar refractivity (Wildman–Crippen MR) is 123 cm³/mol. The van der Waals surface area contributed by atoms with Gasteiger partial charge >= 0.3 is 11.9 Å². The van der Waals surface area contributed by atoms with Crippen molar-refractivity contribution in [2.24, 2.45) is 0 Å². The fraction of sp³-hybridized carbons (Fsp3) is 0.292. The fourth-order valence-corrected chi connectivity index (χ4v) is 4.07. The molecule has 11 heteroatoms. The Hall–Kier alpha value is -3.73. The molecule has 0 aliphatic rings. The van der Waals surface area contributed by atoms with Crippen molar-refractivity contribution >= 4 is 34.2 Å². The zero-order valence-corrected chi connectivity index (χ0v) is 20.1. The monoisotopic (exact) mass is 507 g/mol. The van der Waals surface area contributed by atoms with E-state index < -0.39 is 29.5 Å². The second kappa shape index (κ2) is 11.6. The second-order valence-corrected chi connectivity index (χ2v) is 8.22. The van der Waals surface area contributed by atoms with E-state index in [4.69, 9.17) is 18.6 Å². The Labute approximate surface area is 203 Å². The Balaban J connectivity index is 1.77. The summed E-state index contributed by atoms with van der Waals surface area (Å²) < 4.78 is 47.7. The summed E-state index contributed by atoms with van der Waals surface area (Å²) in [5, 5.41) is 2.69. The van der Waals surface area contributed by atoms with E-state index in [0.717, 1.165) is 23.5 Å². The van der Waals surface area contributed by atoms with E-state index in [0.29, 0.717) is 18.1 Å². The summed E-state index contributed by atoms with van der Waals surface area (Å²) in [6.07, 6.45) is 0.598. The molecule has 0 radical (unpaired) electrons. The largest absolute Gasteiger partial charge is 0.483 e. The Morgan fingerprint density at radius 2 is 1.83 bits per heavy atom. The maximum absolute atomic E-state index is 13.7. The SMILES string of the molecule is CCCOC(=O)c1c(NC(=O)c2ccc(COc3ccc(F)cc3F)o2)sc(C(=O)OCC)c1C. The van der Waals surface area contributed by atoms with Gasteiger partial charge in [-0.25, -0.2) is 18.4 Å². The Morgan fingerprint density at radius 3 is 2.51 bits per heavy atom. The minimum Gasteiger partial charge on any atom is -0.483 e. The topological polar surface area (TPSA) is 104 Å². The molecule has 0 bridgehead atoms. The van der Waals surface area contributed by atoms with Crippen LogP contribution >= 0.6 is 11.3 Å². The van der Waals surface area contributed by atoms with Gasteiger partial charge in [-0.3, -0.25) is 4.79 Å². The number of ether oxygens (including phenoxy) is 3. The first-order valence-electron chi connectivity index (χ1n) is 10.7. The van der Waals surface area contributed by atoms with E-state index in [1.807, 2.05) is 6.92 Å². The van der Waals surface area contributed by atoms with Crippen LogP contribution in [0.1, 0.15) is 62.2 Å². The highest BCUT2D eigenvalue weighted by Crippen LogP contribution is 2.35. The molecule has 0 fully saturated rings. The number of carbonyl (C=O) groups is 3. The smallest absolute Gasteiger partial charge is 0.348 e. The maximum atomic E-state index is 13.7. The van der Waals surface area contributed by atoms with Crippen LogP contribution in [0, 0.1) is 18.6 Å². The van der Waals surface area contributed by atoms with Gasteiger partial charge in [-0.15, -0.1) is 11.3 Å². The van der Waals surface area contributed by atoms with Crippen molar-refractivity contribution < 1.29 is 41.8 Å². The van der Waals surface area contributed by atoms with E-state index in [9.17, 15) is 23.2 Å². The lowest BCUT2D eigenvalue weighted by Crippen LogP contribution is -2.14. The number of carbonyl (C=O) groups excluding carboxylic acids is 3. The van der Waals surface area contributed by atoms with E-state index in [-0.39, 0.29) is 52.5 Å². The van der Waals surface area contributed by atoms with Gasteiger partial charge in [0.1, 0.15) is 28.1 Å². The molecule has 0 aliphatic carbocycles. The number of thiophene rings is 1. The van der Waals surface area contributed by atoms with Gasteiger partial charge < -0.3 is 23.9 Å². The lowest BCUT2D eigenvalue weighted by molar-refractivity contribution is 0.0506. The minimum absolute atomic E-state index is 0.0572. The van der Waals surface area contributed by atoms with Crippen molar-refractivity contribution in [2.45, 2.75) is 33.8 Å². The molecule has 1 aromatic carbocycles. The highest BCUT2D eigenvalue weighted by Gasteiger charge is 2.28. The van der Waals surface area contributed by atoms with Crippen molar-refractivity contribution in [1.29, 1.82) is 0 Å². The summed E-state index contributed by atoms with van der Waals surface area (Å²) in [7, 11) is 0. The van der Waals surface area contributed by atoms with Gasteiger partial charge in [0.25, 0.3) is 5.91 Å². The number of halogens is 2. The molecule has 1 amide bonds. The van der Waals surface area contributed by atoms with Crippen LogP contribution in [0.2, 0.25) is 0 Å². The quantitative estimate of drug-likeness (QED) is 0.361. The van der Waals surface area contributed by atoms with E-state index in [1.165, 1.54) is 12.1 Å². The third kappa shape index (κ3) is 6.24. The molecule has 0 spiro atoms. The zero-order valence-electron chi connectivity index (χ0n) is 19.2. The van der Waals surface area contributed by atoms with Crippen LogP contribution in [0.5, 0.6) is 5.75 Å². The van der Waals surface area contributed by atoms with Gasteiger partial charge in [0.15, 0.2) is 17.3 Å². The van der Waals surface area contributed by atoms with Crippen molar-refractivity contribution in [3.8, 4) is 5.75 Å². The molecule has 0 aliphatic heterocycles. The standard InChI is InChI=1S/C24H23F2NO7S/c1-4-10-32-23(29)19-13(3)20(24(30)31-5-2)35-22(19)27-21(28)18-9-7-15(34-18)12-33-17-8-6-14(25)11-16(17)26/h6-9,11H,4-5,10,12H2,1-3H3,(H,27,28). The molecule has 2 heterocycles. The molecule has 1 N–H and O–H groups in total. The summed E-state index contributed by atoms with van der Waals surface area (Å²) in [5.41, 5.74) is 0.390. The van der Waals surface area contributed by atoms with Crippen molar-refractivity contribution in [2.75, 3.05) is 18.5 Å². The summed E-state index contributed by atoms with van der Waals surface area (Å²) in [6, 6.07) is 5.71. The van der Waals surface area contributed by atoms with Crippen LogP contribution in [0.15, 0.2) is 34.7 Å². The maximum Gasteiger partial charge on any atom is 0.348 e. The number of hydrogen-bond acceptors (Lipinski definition) is 8. The molecule has 2 aromatic heterocycles. The van der Waals surface area contributed by atoms with Crippen molar-refractivity contribution in [3.63, 3.8) is 0 Å². The predicted octanol–water partition coefficient (Wildman–Crippen LogP) is 5.50. The van der Waals surface area contributed by atoms with Crippen LogP contribution < -0.4 is 10.1 Å². The number of amides is 1. The van der Waals surface area contributed by atoms with Crippen LogP contribution in [0.4, 0.5) is 13.8 Å². The molecule has 0 saturated heterocycles. The van der Waals surface area contributed by atoms with E-state index in [2.05, 4.69) is 5.32 Å². The molecule has 0 unspecified atom stereocenters. The number of nitrogens with one attached hydrogen (secondary N) is 1. The number of rotatable bonds is 10. The Bertz CT molecular complexity index is 1230. The van der Waals surface area contributed by atoms with Gasteiger partial charge in [0.2, 0.25) is 0 Å². The van der Waals surface area contributed by atoms with Gasteiger partial charge in [-0.1, -0.05) is 6.92 Å². The minimum atomic E-state index is -0.873. The van der Waals surface area contributed by atoms with E-state index in [1.54, 1.807) is 13.8 Å². The average molecular weight is 508 g/mol. The first kappa shape index (κ1) is 25.9. The van der Waals surface area contributed by atoms with Crippen LogP contribution in [-0.4, -0.2) is 31.1 Å². The molecular formula is C24H23F2NO7S. The highest BCUT2D eigenvalue weighted by atomic mass is 32.1. The van der Waals surface area contributed by atoms with Gasteiger partial charge in [0.05, 0.1) is 18.8 Å². The number of esters is 2. The second-order valence-electron chi connectivity index (χ2n) is 7.20. The lowest BCUT2D eigenvalue weighted by Gasteiger charge is -2.07. The molecule has 8 nitrogen and oxygen atoms in total. The highest BCUT2D eigenvalue weighted by molar-refractivity contribution is 7.18. The lowest BCUT2D eigenvalue weighted by atomic mass is 10.1. The summed E-state index contributed by atoms with van der Waals surface area (Å²) in [4.78, 5) is 37.9. The molecule has 0 saturated carbocycles. The molecule has 0 atom stereocenters. The molecule has 35 heavy (non-hydrogen) atoms. The summed E-state index contributed by atoms with van der Waals surface area (Å²) in [5.74, 6) is -3.68. The van der Waals surface area contributed by atoms with Gasteiger partial charge in [-0.05, 0) is 50.1 Å². The number of hydrogen-bond donors (Lipinski definition) is 1. The molecule has 186 valence electrons. The molecule has 3 rings (SSSR count). The summed E-state index contributed by atoms with van der Waals surface area (Å²) >= 11 is 0.890. The Morgan fingerprint density at radius 1 is 1.06 bits per heavy atom. The van der Waals surface area contributed by atoms with E-state index >= 15 is 0 Å². The third-order valence-electron chi connectivity index (χ3n) is 4.63. The van der Waals surface area contributed by atoms with Crippen molar-refractivity contribution in [3.05, 3.63) is 69.5 Å². The molecule has 3 aromatic rings. The first-order chi connectivity index (χ1) is 16.7. The van der Waals surface area contributed by atoms with Gasteiger partial charge in [0, 0.05) is 6.07 Å². The summed E-state index contributed by atoms with van der Waals surface area (Å²) in [6.45, 7) is 5.16. The molecular weight excluding hydrogens is 484 g/mol. The average Bonchev–Trinajstić information content (AvgIpc) is 3.41. The van der Waals surface area contributed by atoms with Crippen LogP contribution in [0.3, 0.4) is 0 Å². The zero-order chi connectivity index (χ0) is 25.5. The Kier molecular flexibility index (Phi) is 8.58. The number of furan rings is 1. The normalized spacial score (nSPS) is 10.7. The van der Waals surface area contributed by atoms with Crippen LogP contribution in [0.25, 0.3) is 0 Å². The van der Waals surface area contributed by atoms with Crippen molar-refractivity contribution in [1.82, 2.24) is 0 Å². The first-order valence-corrected chi connectivity index (χ1v) is 11.5. The third-order valence-corrected chi connectivity index (χ3v) is 5.81. The van der Waals surface area contributed by atoms with Gasteiger partial charge in [-0.2, -0.15) is 0 Å². The number of benzene rings is 1. The fourth-order valence-electron chi connectivity index (χ4n) is 2.99. The number of anilines is 1.